The maximum Gasteiger partial charge on any atom is 0.0434 e. The highest BCUT2D eigenvalue weighted by atomic mass is 14.9. The van der Waals surface area contributed by atoms with Gasteiger partial charge in [0.2, 0.25) is 0 Å². The number of nitrogens with one attached hydrogen (secondary N) is 1. The molecule has 0 fully saturated rings. The van der Waals surface area contributed by atoms with Gasteiger partial charge in [0, 0.05) is 30.7 Å². The number of hydrogen-bond acceptors (Lipinski definition) is 1. The minimum Gasteiger partial charge on any atom is -0.387 e. The van der Waals surface area contributed by atoms with Crippen molar-refractivity contribution in [1.29, 1.82) is 0 Å². The molecule has 1 heteroatoms. The maximum atomic E-state index is 5.25. The van der Waals surface area contributed by atoms with E-state index in [1.54, 1.807) is 0 Å². The van der Waals surface area contributed by atoms with E-state index >= 15 is 0 Å². The van der Waals surface area contributed by atoms with E-state index in [9.17, 15) is 0 Å². The maximum absolute atomic E-state index is 5.25. The van der Waals surface area contributed by atoms with Crippen LogP contribution < -0.4 is 5.32 Å². The van der Waals surface area contributed by atoms with E-state index in [-0.39, 0.29) is 0 Å². The molecule has 62 valence electrons. The second-order valence-corrected chi connectivity index (χ2v) is 2.67. The Morgan fingerprint density at radius 1 is 1.67 bits per heavy atom. The van der Waals surface area contributed by atoms with Gasteiger partial charge in [-0.2, -0.15) is 0 Å². The molecule has 0 amide bonds. The van der Waals surface area contributed by atoms with Crippen LogP contribution in [0.3, 0.4) is 0 Å². The van der Waals surface area contributed by atoms with Crippen LogP contribution in [-0.4, -0.2) is 6.54 Å². The van der Waals surface area contributed by atoms with E-state index in [2.05, 4.69) is 30.0 Å². The summed E-state index contributed by atoms with van der Waals surface area (Å²) in [7, 11) is 0. The Balaban J connectivity index is 2.86. The number of rotatable bonds is 2. The lowest BCUT2D eigenvalue weighted by Gasteiger charge is -2.07. The van der Waals surface area contributed by atoms with Crippen molar-refractivity contribution in [3.05, 3.63) is 11.3 Å². The van der Waals surface area contributed by atoms with Crippen molar-refractivity contribution in [3.8, 4) is 24.2 Å². The van der Waals surface area contributed by atoms with E-state index in [1.807, 2.05) is 0 Å². The molecule has 0 aromatic carbocycles. The van der Waals surface area contributed by atoms with Crippen molar-refractivity contribution in [1.82, 2.24) is 5.32 Å². The molecular formula is C11H13N. The van der Waals surface area contributed by atoms with Crippen molar-refractivity contribution in [2.75, 3.05) is 6.54 Å². The Morgan fingerprint density at radius 3 is 3.17 bits per heavy atom. The fourth-order valence-electron chi connectivity index (χ4n) is 1.22. The molecule has 0 saturated carbocycles. The first-order valence-corrected chi connectivity index (χ1v) is 4.26. The van der Waals surface area contributed by atoms with Crippen molar-refractivity contribution in [3.63, 3.8) is 0 Å². The molecule has 0 spiro atoms. The molecule has 0 bridgehead atoms. The summed E-state index contributed by atoms with van der Waals surface area (Å²) in [4.78, 5) is 0. The Hall–Kier alpha value is -1.34. The van der Waals surface area contributed by atoms with E-state index < -0.39 is 0 Å². The summed E-state index contributed by atoms with van der Waals surface area (Å²) in [5.74, 6) is 8.82. The summed E-state index contributed by atoms with van der Waals surface area (Å²) in [5, 5.41) is 3.33. The smallest absolute Gasteiger partial charge is 0.0434 e. The lowest BCUT2D eigenvalue weighted by Crippen LogP contribution is -2.14. The fourth-order valence-corrected chi connectivity index (χ4v) is 1.22. The third kappa shape index (κ3) is 2.07. The zero-order valence-corrected chi connectivity index (χ0v) is 7.41. The molecule has 0 radical (unpaired) electrons. The lowest BCUT2D eigenvalue weighted by molar-refractivity contribution is 0.771. The van der Waals surface area contributed by atoms with Crippen LogP contribution in [0.1, 0.15) is 26.2 Å². The minimum absolute atomic E-state index is 0.656. The topological polar surface area (TPSA) is 12.0 Å². The van der Waals surface area contributed by atoms with Crippen molar-refractivity contribution >= 4 is 0 Å². The summed E-state index contributed by atoms with van der Waals surface area (Å²) in [5.41, 5.74) is 2.32. The normalized spacial score (nSPS) is 15.3. The van der Waals surface area contributed by atoms with Gasteiger partial charge in [0.1, 0.15) is 0 Å². The van der Waals surface area contributed by atoms with Crippen LogP contribution >= 0.6 is 0 Å². The highest BCUT2D eigenvalue weighted by molar-refractivity contribution is 5.37. The molecule has 1 rings (SSSR count). The highest BCUT2D eigenvalue weighted by Crippen LogP contribution is 2.10. The molecule has 0 unspecified atom stereocenters. The van der Waals surface area contributed by atoms with E-state index in [0.29, 0.717) is 6.42 Å². The van der Waals surface area contributed by atoms with E-state index in [4.69, 9.17) is 6.42 Å². The Morgan fingerprint density at radius 2 is 2.50 bits per heavy atom. The highest BCUT2D eigenvalue weighted by Gasteiger charge is 2.02. The van der Waals surface area contributed by atoms with Gasteiger partial charge in [-0.25, -0.2) is 0 Å². The molecule has 0 aromatic rings. The Labute approximate surface area is 74.2 Å². The van der Waals surface area contributed by atoms with Gasteiger partial charge in [0.25, 0.3) is 0 Å². The molecule has 1 N–H and O–H groups in total. The molecule has 0 atom stereocenters. The predicted molar refractivity (Wildman–Crippen MR) is 51.2 cm³/mol. The van der Waals surface area contributed by atoms with Gasteiger partial charge < -0.3 is 5.32 Å². The standard InChI is InChI=1S/C11H13N/c1-3-7-10-8-5-6-9-12-11(10)4-2/h1,12H,4,6-7,9H2,2H3. The molecule has 1 nitrogen and oxygen atoms in total. The summed E-state index contributed by atoms with van der Waals surface area (Å²) in [6.07, 6.45) is 7.81. The minimum atomic E-state index is 0.656. The third-order valence-electron chi connectivity index (χ3n) is 1.82. The molecule has 12 heavy (non-hydrogen) atoms. The second kappa shape index (κ2) is 4.52. The third-order valence-corrected chi connectivity index (χ3v) is 1.82. The predicted octanol–water partition coefficient (Wildman–Crippen LogP) is 1.67. The van der Waals surface area contributed by atoms with E-state index in [0.717, 1.165) is 25.0 Å². The van der Waals surface area contributed by atoms with Crippen LogP contribution in [0.25, 0.3) is 0 Å². The van der Waals surface area contributed by atoms with Crippen molar-refractivity contribution < 1.29 is 0 Å². The van der Waals surface area contributed by atoms with Crippen LogP contribution in [0.15, 0.2) is 11.3 Å². The molecule has 1 aliphatic rings. The summed E-state index contributed by atoms with van der Waals surface area (Å²) >= 11 is 0. The average Bonchev–Trinajstić information content (AvgIpc) is 2.30. The summed E-state index contributed by atoms with van der Waals surface area (Å²) < 4.78 is 0. The van der Waals surface area contributed by atoms with Crippen LogP contribution in [-0.2, 0) is 0 Å². The quantitative estimate of drug-likeness (QED) is 0.604. The zero-order chi connectivity index (χ0) is 8.81. The summed E-state index contributed by atoms with van der Waals surface area (Å²) in [6.45, 7) is 3.07. The first-order chi connectivity index (χ1) is 5.88. The Bertz CT molecular complexity index is 280. The monoisotopic (exact) mass is 159 g/mol. The van der Waals surface area contributed by atoms with Gasteiger partial charge in [-0.05, 0) is 6.42 Å². The lowest BCUT2D eigenvalue weighted by atomic mass is 10.1. The molecule has 0 aromatic heterocycles. The van der Waals surface area contributed by atoms with Gasteiger partial charge in [-0.1, -0.05) is 18.8 Å². The molecular weight excluding hydrogens is 146 g/mol. The largest absolute Gasteiger partial charge is 0.387 e. The number of allylic oxidation sites excluding steroid dienone is 2. The van der Waals surface area contributed by atoms with Crippen molar-refractivity contribution in [2.24, 2.45) is 0 Å². The van der Waals surface area contributed by atoms with Gasteiger partial charge in [-0.3, -0.25) is 0 Å². The molecule has 1 aliphatic heterocycles. The van der Waals surface area contributed by atoms with Crippen LogP contribution in [0.2, 0.25) is 0 Å². The van der Waals surface area contributed by atoms with Crippen LogP contribution in [0.5, 0.6) is 0 Å². The van der Waals surface area contributed by atoms with Gasteiger partial charge in [-0.15, -0.1) is 12.3 Å². The molecule has 1 heterocycles. The summed E-state index contributed by atoms with van der Waals surface area (Å²) in [6, 6.07) is 0. The van der Waals surface area contributed by atoms with Crippen LogP contribution in [0, 0.1) is 24.2 Å². The molecule has 0 saturated heterocycles. The number of terminal acetylenes is 1. The first-order valence-electron chi connectivity index (χ1n) is 4.26. The zero-order valence-electron chi connectivity index (χ0n) is 7.41. The Kier molecular flexibility index (Phi) is 3.30. The molecule has 0 aliphatic carbocycles. The van der Waals surface area contributed by atoms with Gasteiger partial charge in [0.05, 0.1) is 0 Å². The first kappa shape index (κ1) is 8.75. The second-order valence-electron chi connectivity index (χ2n) is 2.67. The number of hydrogen-bond donors (Lipinski definition) is 1. The average molecular weight is 159 g/mol. The van der Waals surface area contributed by atoms with Crippen LogP contribution in [0.4, 0.5) is 0 Å². The van der Waals surface area contributed by atoms with E-state index in [1.165, 1.54) is 5.70 Å². The SMILES string of the molecule is C#CCC1=C(CC)NCCC#C1. The van der Waals surface area contributed by atoms with Gasteiger partial charge >= 0.3 is 0 Å². The fraction of sp³-hybridized carbons (Fsp3) is 0.455. The van der Waals surface area contributed by atoms with Gasteiger partial charge in [0.15, 0.2) is 0 Å². The van der Waals surface area contributed by atoms with Crippen molar-refractivity contribution in [2.45, 2.75) is 26.2 Å².